The standard InChI is InChI=1S/C6H9FO3/c1-4(5(8)3-7)6(9)10-2/h4H,3H2,1-2H3. The van der Waals surface area contributed by atoms with Crippen molar-refractivity contribution in [3.8, 4) is 0 Å². The van der Waals surface area contributed by atoms with Crippen LogP contribution in [0, 0.1) is 5.92 Å². The summed E-state index contributed by atoms with van der Waals surface area (Å²) in [4.78, 5) is 20.9. The van der Waals surface area contributed by atoms with E-state index in [0.29, 0.717) is 0 Å². The van der Waals surface area contributed by atoms with Crippen molar-refractivity contribution < 1.29 is 18.7 Å². The van der Waals surface area contributed by atoms with Crippen LogP contribution in [-0.4, -0.2) is 25.5 Å². The maximum atomic E-state index is 11.6. The van der Waals surface area contributed by atoms with Gasteiger partial charge in [0.1, 0.15) is 12.6 Å². The molecule has 0 fully saturated rings. The summed E-state index contributed by atoms with van der Waals surface area (Å²) in [5, 5.41) is 0. The molecule has 3 nitrogen and oxygen atoms in total. The van der Waals surface area contributed by atoms with Crippen LogP contribution < -0.4 is 0 Å². The van der Waals surface area contributed by atoms with Crippen LogP contribution in [0.25, 0.3) is 0 Å². The first-order valence-corrected chi connectivity index (χ1v) is 2.80. The highest BCUT2D eigenvalue weighted by Crippen LogP contribution is 1.99. The molecule has 0 aliphatic rings. The van der Waals surface area contributed by atoms with Gasteiger partial charge in [0, 0.05) is 0 Å². The Bertz CT molecular complexity index is 128. The molecule has 0 rings (SSSR count). The Balaban J connectivity index is 3.94. The monoisotopic (exact) mass is 148 g/mol. The Morgan fingerprint density at radius 2 is 2.10 bits per heavy atom. The Morgan fingerprint density at radius 1 is 1.60 bits per heavy atom. The molecule has 0 radical (unpaired) electrons. The Kier molecular flexibility index (Phi) is 3.61. The van der Waals surface area contributed by atoms with E-state index >= 15 is 0 Å². The topological polar surface area (TPSA) is 43.4 Å². The molecule has 1 atom stereocenters. The third kappa shape index (κ3) is 2.13. The number of ether oxygens (including phenoxy) is 1. The number of carbonyl (C=O) groups excluding carboxylic acids is 2. The fourth-order valence-electron chi connectivity index (χ4n) is 0.424. The lowest BCUT2D eigenvalue weighted by atomic mass is 10.1. The molecule has 58 valence electrons. The van der Waals surface area contributed by atoms with Gasteiger partial charge in [-0.1, -0.05) is 0 Å². The molecule has 0 N–H and O–H groups in total. The van der Waals surface area contributed by atoms with Crippen molar-refractivity contribution in [3.63, 3.8) is 0 Å². The number of esters is 1. The van der Waals surface area contributed by atoms with Gasteiger partial charge in [0.15, 0.2) is 5.78 Å². The first-order valence-electron chi connectivity index (χ1n) is 2.80. The molecule has 0 bridgehead atoms. The predicted octanol–water partition coefficient (Wildman–Crippen LogP) is 0.334. The van der Waals surface area contributed by atoms with Crippen molar-refractivity contribution in [1.29, 1.82) is 0 Å². The number of rotatable bonds is 3. The fourth-order valence-corrected chi connectivity index (χ4v) is 0.424. The van der Waals surface area contributed by atoms with Crippen LogP contribution in [0.2, 0.25) is 0 Å². The van der Waals surface area contributed by atoms with Gasteiger partial charge in [-0.2, -0.15) is 0 Å². The number of Topliss-reactive ketones (excluding diaryl/α,β-unsaturated/α-hetero) is 1. The number of methoxy groups -OCH3 is 1. The van der Waals surface area contributed by atoms with Crippen molar-refractivity contribution in [1.82, 2.24) is 0 Å². The van der Waals surface area contributed by atoms with Gasteiger partial charge in [0.2, 0.25) is 0 Å². The van der Waals surface area contributed by atoms with E-state index in [1.54, 1.807) is 0 Å². The minimum Gasteiger partial charge on any atom is -0.468 e. The number of ketones is 1. The van der Waals surface area contributed by atoms with Crippen LogP contribution >= 0.6 is 0 Å². The predicted molar refractivity (Wildman–Crippen MR) is 32.2 cm³/mol. The summed E-state index contributed by atoms with van der Waals surface area (Å²) >= 11 is 0. The van der Waals surface area contributed by atoms with Crippen molar-refractivity contribution in [2.45, 2.75) is 6.92 Å². The molecule has 0 saturated carbocycles. The van der Waals surface area contributed by atoms with E-state index < -0.39 is 24.3 Å². The molecule has 0 amide bonds. The Hall–Kier alpha value is -0.930. The second kappa shape index (κ2) is 3.98. The Morgan fingerprint density at radius 3 is 2.40 bits per heavy atom. The summed E-state index contributed by atoms with van der Waals surface area (Å²) in [6.45, 7) is 0.198. The molecule has 0 spiro atoms. The lowest BCUT2D eigenvalue weighted by Gasteiger charge is -2.03. The zero-order valence-electron chi connectivity index (χ0n) is 5.89. The van der Waals surface area contributed by atoms with E-state index in [9.17, 15) is 14.0 Å². The Labute approximate surface area is 58.2 Å². The van der Waals surface area contributed by atoms with Crippen LogP contribution in [-0.2, 0) is 14.3 Å². The average molecular weight is 148 g/mol. The second-order valence-electron chi connectivity index (χ2n) is 1.84. The van der Waals surface area contributed by atoms with Crippen LogP contribution in [0.1, 0.15) is 6.92 Å². The zero-order chi connectivity index (χ0) is 8.15. The van der Waals surface area contributed by atoms with Gasteiger partial charge in [-0.3, -0.25) is 9.59 Å². The van der Waals surface area contributed by atoms with Crippen LogP contribution in [0.3, 0.4) is 0 Å². The quantitative estimate of drug-likeness (QED) is 0.428. The van der Waals surface area contributed by atoms with E-state index in [1.165, 1.54) is 6.92 Å². The van der Waals surface area contributed by atoms with E-state index in [2.05, 4.69) is 4.74 Å². The highest BCUT2D eigenvalue weighted by molar-refractivity contribution is 5.99. The molecule has 0 saturated heterocycles. The fraction of sp³-hybridized carbons (Fsp3) is 0.667. The summed E-state index contributed by atoms with van der Waals surface area (Å²) < 4.78 is 15.8. The summed E-state index contributed by atoms with van der Waals surface area (Å²) in [6, 6.07) is 0. The van der Waals surface area contributed by atoms with Gasteiger partial charge in [-0.25, -0.2) is 4.39 Å². The molecule has 0 heterocycles. The summed E-state index contributed by atoms with van der Waals surface area (Å²) in [7, 11) is 1.16. The van der Waals surface area contributed by atoms with Crippen molar-refractivity contribution in [2.24, 2.45) is 5.92 Å². The van der Waals surface area contributed by atoms with Crippen LogP contribution in [0.4, 0.5) is 4.39 Å². The molecule has 0 aromatic heterocycles. The number of carbonyl (C=O) groups is 2. The zero-order valence-corrected chi connectivity index (χ0v) is 5.89. The van der Waals surface area contributed by atoms with Gasteiger partial charge in [0.05, 0.1) is 7.11 Å². The number of alkyl halides is 1. The van der Waals surface area contributed by atoms with E-state index in [0.717, 1.165) is 7.11 Å². The minimum absolute atomic E-state index is 0.692. The van der Waals surface area contributed by atoms with Crippen LogP contribution in [0.15, 0.2) is 0 Å². The third-order valence-corrected chi connectivity index (χ3v) is 1.17. The summed E-state index contributed by atoms with van der Waals surface area (Å²) in [6.07, 6.45) is 0. The maximum Gasteiger partial charge on any atom is 0.316 e. The minimum atomic E-state index is -1.11. The largest absolute Gasteiger partial charge is 0.468 e. The number of halogens is 1. The maximum absolute atomic E-state index is 11.6. The van der Waals surface area contributed by atoms with Crippen LogP contribution in [0.5, 0.6) is 0 Å². The molecule has 0 aliphatic heterocycles. The van der Waals surface area contributed by atoms with Gasteiger partial charge in [-0.15, -0.1) is 0 Å². The number of hydrogen-bond donors (Lipinski definition) is 0. The number of hydrogen-bond acceptors (Lipinski definition) is 3. The first-order chi connectivity index (χ1) is 4.63. The molecular formula is C6H9FO3. The molecule has 4 heteroatoms. The molecule has 0 aromatic rings. The highest BCUT2D eigenvalue weighted by atomic mass is 19.1. The highest BCUT2D eigenvalue weighted by Gasteiger charge is 2.20. The van der Waals surface area contributed by atoms with Crippen molar-refractivity contribution in [2.75, 3.05) is 13.8 Å². The second-order valence-corrected chi connectivity index (χ2v) is 1.84. The van der Waals surface area contributed by atoms with E-state index in [4.69, 9.17) is 0 Å². The summed E-state index contributed by atoms with van der Waals surface area (Å²) in [5.74, 6) is -2.41. The normalized spacial score (nSPS) is 12.3. The van der Waals surface area contributed by atoms with E-state index in [-0.39, 0.29) is 0 Å². The lowest BCUT2D eigenvalue weighted by molar-refractivity contribution is -0.148. The SMILES string of the molecule is COC(=O)C(C)C(=O)CF. The smallest absolute Gasteiger partial charge is 0.316 e. The third-order valence-electron chi connectivity index (χ3n) is 1.17. The van der Waals surface area contributed by atoms with Gasteiger partial charge >= 0.3 is 5.97 Å². The lowest BCUT2D eigenvalue weighted by Crippen LogP contribution is -2.23. The van der Waals surface area contributed by atoms with Gasteiger partial charge in [-0.05, 0) is 6.92 Å². The molecule has 0 aliphatic carbocycles. The van der Waals surface area contributed by atoms with Gasteiger partial charge in [0.25, 0.3) is 0 Å². The average Bonchev–Trinajstić information content (AvgIpc) is 2.00. The van der Waals surface area contributed by atoms with E-state index in [1.807, 2.05) is 0 Å². The van der Waals surface area contributed by atoms with Gasteiger partial charge < -0.3 is 4.74 Å². The van der Waals surface area contributed by atoms with Crippen molar-refractivity contribution >= 4 is 11.8 Å². The first kappa shape index (κ1) is 9.07. The van der Waals surface area contributed by atoms with Crippen molar-refractivity contribution in [3.05, 3.63) is 0 Å². The molecule has 10 heavy (non-hydrogen) atoms. The summed E-state index contributed by atoms with van der Waals surface area (Å²) in [5.41, 5.74) is 0. The molecule has 1 unspecified atom stereocenters. The molecule has 0 aromatic carbocycles. The molecular weight excluding hydrogens is 139 g/mol.